The van der Waals surface area contributed by atoms with E-state index in [2.05, 4.69) is 13.8 Å². The molecule has 0 radical (unpaired) electrons. The topological polar surface area (TPSA) is 187 Å². The molecule has 0 fully saturated rings. The first-order valence-electron chi connectivity index (χ1n) is 10.5. The Morgan fingerprint density at radius 2 is 0.533 bits per heavy atom. The highest BCUT2D eigenvalue weighted by molar-refractivity contribution is 7.45. The molecule has 0 aromatic carbocycles. The predicted molar refractivity (Wildman–Crippen MR) is 124 cm³/mol. The van der Waals surface area contributed by atoms with Crippen LogP contribution in [0.4, 0.5) is 0 Å². The third-order valence-corrected chi connectivity index (χ3v) is 3.96. The number of rotatable bonds is 15. The molecule has 0 spiro atoms. The minimum atomic E-state index is -4.64. The van der Waals surface area contributed by atoms with E-state index >= 15 is 0 Å². The molecule has 0 atom stereocenters. The van der Waals surface area contributed by atoms with E-state index in [1.54, 1.807) is 0 Å². The first kappa shape index (κ1) is 40.5. The molecular formula is C19H50O9P2. The highest BCUT2D eigenvalue weighted by Crippen LogP contribution is 2.26. The van der Waals surface area contributed by atoms with Gasteiger partial charge >= 0.3 is 15.6 Å². The van der Waals surface area contributed by atoms with Crippen LogP contribution in [0.25, 0.3) is 0 Å². The van der Waals surface area contributed by atoms with Crippen LogP contribution in [0.1, 0.15) is 124 Å². The molecule has 0 aliphatic carbocycles. The molecule has 0 unspecified atom stereocenters. The third kappa shape index (κ3) is 90.3. The van der Waals surface area contributed by atoms with E-state index in [-0.39, 0.29) is 12.9 Å². The molecule has 30 heavy (non-hydrogen) atoms. The predicted octanol–water partition coefficient (Wildman–Crippen LogP) is 5.22. The van der Waals surface area contributed by atoms with Crippen molar-refractivity contribution in [2.45, 2.75) is 124 Å². The maximum absolute atomic E-state index is 8.88. The van der Waals surface area contributed by atoms with Gasteiger partial charge in [-0.25, -0.2) is 9.13 Å². The van der Waals surface area contributed by atoms with Crippen LogP contribution in [-0.2, 0) is 9.13 Å². The molecule has 0 aromatic heterocycles. The van der Waals surface area contributed by atoms with Gasteiger partial charge in [0.05, 0.1) is 0 Å². The van der Waals surface area contributed by atoms with Crippen LogP contribution >= 0.6 is 15.6 Å². The van der Waals surface area contributed by atoms with Crippen LogP contribution in [0.2, 0.25) is 0 Å². The smallest absolute Gasteiger partial charge is 0.412 e. The molecule has 0 aromatic rings. The van der Waals surface area contributed by atoms with Gasteiger partial charge in [-0.05, 0) is 0 Å². The van der Waals surface area contributed by atoms with Crippen molar-refractivity contribution in [2.75, 3.05) is 0 Å². The van der Waals surface area contributed by atoms with Gasteiger partial charge < -0.3 is 34.8 Å². The van der Waals surface area contributed by atoms with Gasteiger partial charge in [-0.2, -0.15) is 0 Å². The fourth-order valence-corrected chi connectivity index (χ4v) is 2.62. The second-order valence-corrected chi connectivity index (χ2v) is 9.03. The molecule has 0 aliphatic heterocycles. The Bertz CT molecular complexity index is 332. The Labute approximate surface area is 184 Å². The molecule has 190 valence electrons. The normalized spacial score (nSPS) is 10.5. The fourth-order valence-electron chi connectivity index (χ4n) is 2.62. The Morgan fingerprint density at radius 3 is 0.633 bits per heavy atom. The Kier molecular flexibility index (Phi) is 39.4. The van der Waals surface area contributed by atoms with Crippen molar-refractivity contribution in [3.63, 3.8) is 0 Å². The molecule has 0 aliphatic rings. The Hall–Kier alpha value is 0.180. The van der Waals surface area contributed by atoms with Crippen molar-refractivity contribution in [3.8, 4) is 0 Å². The monoisotopic (exact) mass is 484 g/mol. The largest absolute Gasteiger partial charge is 0.466 e. The third-order valence-electron chi connectivity index (χ3n) is 3.96. The van der Waals surface area contributed by atoms with E-state index in [4.69, 9.17) is 38.5 Å². The maximum atomic E-state index is 8.88. The molecule has 8 N–H and O–H groups in total. The van der Waals surface area contributed by atoms with Crippen molar-refractivity contribution in [1.29, 1.82) is 0 Å². The summed E-state index contributed by atoms with van der Waals surface area (Å²) < 4.78 is 17.8. The average Bonchev–Trinajstić information content (AvgIpc) is 2.52. The van der Waals surface area contributed by atoms with Crippen LogP contribution in [0.15, 0.2) is 0 Å². The van der Waals surface area contributed by atoms with Gasteiger partial charge in [0.2, 0.25) is 0 Å². The van der Waals surface area contributed by atoms with E-state index in [1.165, 1.54) is 103 Å². The standard InChI is InChI=1S/C18H38.CH4.2H3O4P.H2O/c1-3-5-7-9-11-13-15-17-18-16-14-12-10-8-6-4-2;;2*1-5(2,3)4;/h3-18H2,1-2H3;1H4;2*(H3,1,2,3,4);1H2. The van der Waals surface area contributed by atoms with Crippen molar-refractivity contribution in [1.82, 2.24) is 0 Å². The molecule has 0 amide bonds. The summed E-state index contributed by atoms with van der Waals surface area (Å²) in [6.45, 7) is 4.59. The van der Waals surface area contributed by atoms with Gasteiger partial charge in [0, 0.05) is 0 Å². The zero-order valence-corrected chi connectivity index (χ0v) is 20.0. The van der Waals surface area contributed by atoms with Gasteiger partial charge in [-0.1, -0.05) is 124 Å². The lowest BCUT2D eigenvalue weighted by Gasteiger charge is -2.03. The summed E-state index contributed by atoms with van der Waals surface area (Å²) in [7, 11) is -9.28. The maximum Gasteiger partial charge on any atom is 0.466 e. The Balaban J connectivity index is -0.000000145. The van der Waals surface area contributed by atoms with Gasteiger partial charge in [-0.15, -0.1) is 0 Å². The van der Waals surface area contributed by atoms with Crippen molar-refractivity contribution < 1.29 is 44.0 Å². The minimum Gasteiger partial charge on any atom is -0.412 e. The van der Waals surface area contributed by atoms with E-state index < -0.39 is 15.6 Å². The van der Waals surface area contributed by atoms with Crippen LogP contribution in [0, 0.1) is 0 Å². The van der Waals surface area contributed by atoms with Gasteiger partial charge in [0.15, 0.2) is 0 Å². The van der Waals surface area contributed by atoms with Crippen molar-refractivity contribution in [2.24, 2.45) is 0 Å². The average molecular weight is 485 g/mol. The SMILES string of the molecule is C.CCCCCCCCCCCCCCCCCC.O.O=P(O)(O)O.O=P(O)(O)O. The van der Waals surface area contributed by atoms with Crippen molar-refractivity contribution >= 4 is 15.6 Å². The van der Waals surface area contributed by atoms with Crippen LogP contribution in [-0.4, -0.2) is 34.8 Å². The number of unbranched alkanes of at least 4 members (excludes halogenated alkanes) is 15. The lowest BCUT2D eigenvalue weighted by atomic mass is 10.0. The van der Waals surface area contributed by atoms with Gasteiger partial charge in [-0.3, -0.25) is 0 Å². The second-order valence-electron chi connectivity index (χ2n) is 6.98. The number of phosphoric acid groups is 2. The first-order valence-corrected chi connectivity index (χ1v) is 13.6. The summed E-state index contributed by atoms with van der Waals surface area (Å²) >= 11 is 0. The molecule has 0 saturated heterocycles. The van der Waals surface area contributed by atoms with Crippen LogP contribution in [0.5, 0.6) is 0 Å². The van der Waals surface area contributed by atoms with E-state index in [9.17, 15) is 0 Å². The lowest BCUT2D eigenvalue weighted by molar-refractivity contribution is 0.272. The summed E-state index contributed by atoms with van der Waals surface area (Å²) in [5.41, 5.74) is 0. The van der Waals surface area contributed by atoms with Crippen molar-refractivity contribution in [3.05, 3.63) is 0 Å². The number of hydrogen-bond acceptors (Lipinski definition) is 2. The summed E-state index contributed by atoms with van der Waals surface area (Å²) in [6, 6.07) is 0. The van der Waals surface area contributed by atoms with Crippen LogP contribution in [0.3, 0.4) is 0 Å². The van der Waals surface area contributed by atoms with Gasteiger partial charge in [0.25, 0.3) is 0 Å². The van der Waals surface area contributed by atoms with E-state index in [0.29, 0.717) is 0 Å². The molecule has 9 nitrogen and oxygen atoms in total. The number of hydrogen-bond donors (Lipinski definition) is 6. The molecule has 11 heteroatoms. The van der Waals surface area contributed by atoms with Crippen LogP contribution < -0.4 is 0 Å². The fraction of sp³-hybridized carbons (Fsp3) is 1.00. The summed E-state index contributed by atoms with van der Waals surface area (Å²) in [4.78, 5) is 43.1. The summed E-state index contributed by atoms with van der Waals surface area (Å²) in [5.74, 6) is 0. The summed E-state index contributed by atoms with van der Waals surface area (Å²) in [6.07, 6.45) is 23.4. The minimum absolute atomic E-state index is 0. The zero-order valence-electron chi connectivity index (χ0n) is 18.2. The second kappa shape index (κ2) is 29.2. The highest BCUT2D eigenvalue weighted by atomic mass is 31.2. The molecule has 0 heterocycles. The quantitative estimate of drug-likeness (QED) is 0.135. The molecule has 0 saturated carbocycles. The van der Waals surface area contributed by atoms with E-state index in [0.717, 1.165) is 0 Å². The highest BCUT2D eigenvalue weighted by Gasteiger charge is 2.00. The van der Waals surface area contributed by atoms with Gasteiger partial charge in [0.1, 0.15) is 0 Å². The Morgan fingerprint density at radius 1 is 0.433 bits per heavy atom. The zero-order chi connectivity index (χ0) is 22.3. The first-order chi connectivity index (χ1) is 12.9. The van der Waals surface area contributed by atoms with E-state index in [1.807, 2.05) is 0 Å². The lowest BCUT2D eigenvalue weighted by Crippen LogP contribution is -1.83. The molecule has 0 rings (SSSR count). The molecular weight excluding hydrogens is 434 g/mol. The summed E-state index contributed by atoms with van der Waals surface area (Å²) in [5, 5.41) is 0. The molecule has 0 bridgehead atoms.